The van der Waals surface area contributed by atoms with Gasteiger partial charge in [-0.1, -0.05) is 11.6 Å². The number of nitrogens with two attached hydrogens (primary N) is 1. The van der Waals surface area contributed by atoms with Crippen LogP contribution in [0.5, 0.6) is 0 Å². The van der Waals surface area contributed by atoms with Crippen molar-refractivity contribution in [1.29, 1.82) is 0 Å². The first-order chi connectivity index (χ1) is 9.19. The Bertz CT molecular complexity index is 713. The van der Waals surface area contributed by atoms with Crippen molar-refractivity contribution in [3.05, 3.63) is 53.8 Å². The number of hydrazine groups is 1. The van der Waals surface area contributed by atoms with Gasteiger partial charge in [-0.2, -0.15) is 0 Å². The quantitative estimate of drug-likeness (QED) is 0.555. The maximum atomic E-state index is 5.87. The largest absolute Gasteiger partial charge is 0.459 e. The number of hydrogen-bond acceptors (Lipinski definition) is 4. The summed E-state index contributed by atoms with van der Waals surface area (Å²) in [4.78, 5) is 4.11. The SMILES string of the molecule is Cc1ccc2oc(C(NN)c3cncn3C)cc2c1. The number of furan rings is 1. The van der Waals surface area contributed by atoms with Crippen LogP contribution in [0, 0.1) is 6.92 Å². The molecule has 3 aromatic rings. The molecule has 5 nitrogen and oxygen atoms in total. The molecule has 0 fully saturated rings. The highest BCUT2D eigenvalue weighted by Gasteiger charge is 2.19. The summed E-state index contributed by atoms with van der Waals surface area (Å²) in [6.45, 7) is 2.06. The molecule has 1 unspecified atom stereocenters. The number of hydrogen-bond donors (Lipinski definition) is 2. The van der Waals surface area contributed by atoms with Crippen LogP contribution in [0.15, 0.2) is 41.2 Å². The number of rotatable bonds is 3. The van der Waals surface area contributed by atoms with Crippen LogP contribution in [0.3, 0.4) is 0 Å². The summed E-state index contributed by atoms with van der Waals surface area (Å²) in [5.74, 6) is 6.45. The first-order valence-electron chi connectivity index (χ1n) is 6.11. The molecule has 2 aromatic heterocycles. The first-order valence-corrected chi connectivity index (χ1v) is 6.11. The molecule has 1 aromatic carbocycles. The van der Waals surface area contributed by atoms with Crippen LogP contribution in [-0.4, -0.2) is 9.55 Å². The Morgan fingerprint density at radius 1 is 1.37 bits per heavy atom. The topological polar surface area (TPSA) is 69.0 Å². The fraction of sp³-hybridized carbons (Fsp3) is 0.214. The van der Waals surface area contributed by atoms with Gasteiger partial charge in [0.1, 0.15) is 17.4 Å². The van der Waals surface area contributed by atoms with E-state index in [1.807, 2.05) is 29.8 Å². The number of benzene rings is 1. The third-order valence-electron chi connectivity index (χ3n) is 3.29. The fourth-order valence-corrected chi connectivity index (χ4v) is 2.28. The zero-order valence-electron chi connectivity index (χ0n) is 10.9. The van der Waals surface area contributed by atoms with E-state index in [-0.39, 0.29) is 6.04 Å². The molecule has 3 N–H and O–H groups in total. The molecule has 98 valence electrons. The lowest BCUT2D eigenvalue weighted by molar-refractivity contribution is 0.464. The molecule has 3 rings (SSSR count). The van der Waals surface area contributed by atoms with Gasteiger partial charge in [-0.05, 0) is 25.1 Å². The molecule has 2 heterocycles. The van der Waals surface area contributed by atoms with Crippen LogP contribution >= 0.6 is 0 Å². The van der Waals surface area contributed by atoms with E-state index in [9.17, 15) is 0 Å². The number of aryl methyl sites for hydroxylation is 2. The van der Waals surface area contributed by atoms with Gasteiger partial charge in [0.15, 0.2) is 0 Å². The lowest BCUT2D eigenvalue weighted by Crippen LogP contribution is -2.29. The third kappa shape index (κ3) is 2.03. The maximum absolute atomic E-state index is 5.87. The van der Waals surface area contributed by atoms with E-state index in [4.69, 9.17) is 10.3 Å². The van der Waals surface area contributed by atoms with Crippen LogP contribution in [0.4, 0.5) is 0 Å². The van der Waals surface area contributed by atoms with Gasteiger partial charge in [-0.15, -0.1) is 0 Å². The van der Waals surface area contributed by atoms with Gasteiger partial charge >= 0.3 is 0 Å². The second-order valence-electron chi connectivity index (χ2n) is 4.72. The molecule has 0 aliphatic carbocycles. The molecule has 0 spiro atoms. The predicted octanol–water partition coefficient (Wildman–Crippen LogP) is 2.03. The molecule has 0 saturated heterocycles. The van der Waals surface area contributed by atoms with Gasteiger partial charge in [-0.3, -0.25) is 5.84 Å². The van der Waals surface area contributed by atoms with E-state index in [1.54, 1.807) is 12.5 Å². The van der Waals surface area contributed by atoms with Crippen molar-refractivity contribution in [1.82, 2.24) is 15.0 Å². The molecular formula is C14H16N4O. The minimum atomic E-state index is -0.208. The first kappa shape index (κ1) is 12.0. The number of nitrogens with zero attached hydrogens (tertiary/aromatic N) is 2. The van der Waals surface area contributed by atoms with Crippen molar-refractivity contribution in [2.45, 2.75) is 13.0 Å². The minimum absolute atomic E-state index is 0.208. The van der Waals surface area contributed by atoms with Crippen molar-refractivity contribution >= 4 is 11.0 Å². The molecular weight excluding hydrogens is 240 g/mol. The maximum Gasteiger partial charge on any atom is 0.134 e. The Hall–Kier alpha value is -2.11. The molecule has 19 heavy (non-hydrogen) atoms. The minimum Gasteiger partial charge on any atom is -0.459 e. The lowest BCUT2D eigenvalue weighted by atomic mass is 10.1. The summed E-state index contributed by atoms with van der Waals surface area (Å²) in [6.07, 6.45) is 3.52. The number of nitrogens with one attached hydrogen (secondary N) is 1. The zero-order valence-corrected chi connectivity index (χ0v) is 10.9. The molecule has 0 amide bonds. The second kappa shape index (κ2) is 4.53. The van der Waals surface area contributed by atoms with Crippen molar-refractivity contribution in [3.8, 4) is 0 Å². The third-order valence-corrected chi connectivity index (χ3v) is 3.29. The summed E-state index contributed by atoms with van der Waals surface area (Å²) in [6, 6.07) is 7.91. The van der Waals surface area contributed by atoms with E-state index < -0.39 is 0 Å². The van der Waals surface area contributed by atoms with Gasteiger partial charge in [0, 0.05) is 12.4 Å². The Kier molecular flexibility index (Phi) is 2.85. The highest BCUT2D eigenvalue weighted by molar-refractivity contribution is 5.78. The lowest BCUT2D eigenvalue weighted by Gasteiger charge is -2.13. The van der Waals surface area contributed by atoms with Crippen LogP contribution in [0.25, 0.3) is 11.0 Å². The molecule has 5 heteroatoms. The number of aromatic nitrogens is 2. The Labute approximate surface area is 111 Å². The van der Waals surface area contributed by atoms with Crippen LogP contribution in [0.2, 0.25) is 0 Å². The Morgan fingerprint density at radius 3 is 2.89 bits per heavy atom. The van der Waals surface area contributed by atoms with E-state index in [2.05, 4.69) is 23.4 Å². The fourth-order valence-electron chi connectivity index (χ4n) is 2.28. The molecule has 0 bridgehead atoms. The Balaban J connectivity index is 2.09. The smallest absolute Gasteiger partial charge is 0.134 e. The standard InChI is InChI=1S/C14H16N4O/c1-9-3-4-12-10(5-9)6-13(19-12)14(17-15)11-7-16-8-18(11)2/h3-8,14,17H,15H2,1-2H3. The molecule has 0 saturated carbocycles. The number of fused-ring (bicyclic) bond motifs is 1. The van der Waals surface area contributed by atoms with E-state index in [0.717, 1.165) is 22.4 Å². The monoisotopic (exact) mass is 256 g/mol. The van der Waals surface area contributed by atoms with E-state index in [0.29, 0.717) is 0 Å². The van der Waals surface area contributed by atoms with Gasteiger partial charge < -0.3 is 8.98 Å². The van der Waals surface area contributed by atoms with E-state index >= 15 is 0 Å². The molecule has 0 radical (unpaired) electrons. The second-order valence-corrected chi connectivity index (χ2v) is 4.72. The van der Waals surface area contributed by atoms with Gasteiger partial charge in [-0.25, -0.2) is 10.4 Å². The average molecular weight is 256 g/mol. The van der Waals surface area contributed by atoms with Gasteiger partial charge in [0.2, 0.25) is 0 Å². The normalized spacial score (nSPS) is 13.0. The highest BCUT2D eigenvalue weighted by atomic mass is 16.3. The summed E-state index contributed by atoms with van der Waals surface area (Å²) >= 11 is 0. The zero-order chi connectivity index (χ0) is 13.4. The highest BCUT2D eigenvalue weighted by Crippen LogP contribution is 2.28. The van der Waals surface area contributed by atoms with Gasteiger partial charge in [0.05, 0.1) is 18.2 Å². The van der Waals surface area contributed by atoms with E-state index in [1.165, 1.54) is 5.56 Å². The predicted molar refractivity (Wildman–Crippen MR) is 73.3 cm³/mol. The van der Waals surface area contributed by atoms with Crippen LogP contribution in [-0.2, 0) is 7.05 Å². The van der Waals surface area contributed by atoms with Crippen molar-refractivity contribution in [2.75, 3.05) is 0 Å². The summed E-state index contributed by atoms with van der Waals surface area (Å²) in [7, 11) is 1.93. The average Bonchev–Trinajstić information content (AvgIpc) is 2.97. The number of imidazole rings is 1. The van der Waals surface area contributed by atoms with Crippen LogP contribution < -0.4 is 11.3 Å². The van der Waals surface area contributed by atoms with Crippen molar-refractivity contribution in [3.63, 3.8) is 0 Å². The van der Waals surface area contributed by atoms with Crippen molar-refractivity contribution in [2.24, 2.45) is 12.9 Å². The molecule has 0 aliphatic rings. The summed E-state index contributed by atoms with van der Waals surface area (Å²) < 4.78 is 7.79. The van der Waals surface area contributed by atoms with Crippen molar-refractivity contribution < 1.29 is 4.42 Å². The molecule has 0 aliphatic heterocycles. The van der Waals surface area contributed by atoms with Gasteiger partial charge in [0.25, 0.3) is 0 Å². The Morgan fingerprint density at radius 2 is 2.21 bits per heavy atom. The summed E-state index contributed by atoms with van der Waals surface area (Å²) in [5.41, 5.74) is 5.81. The summed E-state index contributed by atoms with van der Waals surface area (Å²) in [5, 5.41) is 1.08. The molecule has 1 atom stereocenters. The van der Waals surface area contributed by atoms with Crippen LogP contribution in [0.1, 0.15) is 23.1 Å².